The van der Waals surface area contributed by atoms with Crippen molar-refractivity contribution in [3.05, 3.63) is 0 Å². The summed E-state index contributed by atoms with van der Waals surface area (Å²) in [6.45, 7) is 17.7. The van der Waals surface area contributed by atoms with E-state index in [1.807, 2.05) is 62.3 Å². The van der Waals surface area contributed by atoms with Crippen molar-refractivity contribution >= 4 is 14.7 Å². The second kappa shape index (κ2) is 9.02. The minimum atomic E-state index is -2.74. The van der Waals surface area contributed by atoms with Crippen LogP contribution in [0.15, 0.2) is 0 Å². The predicted molar refractivity (Wildman–Crippen MR) is 96.9 cm³/mol. The summed E-state index contributed by atoms with van der Waals surface area (Å²) in [6, 6.07) is 0. The lowest BCUT2D eigenvalue weighted by atomic mass is 10.3. The smallest absolute Gasteiger partial charge is 0.208 e. The normalized spacial score (nSPS) is 15.3. The molecule has 0 spiro atoms. The molecule has 6 heteroatoms. The fraction of sp³-hybridized carbons (Fsp3) is 1.00. The average molecular weight is 354 g/mol. The maximum atomic E-state index is 13.0. The van der Waals surface area contributed by atoms with Gasteiger partial charge in [-0.15, -0.1) is 0 Å². The molecule has 0 aromatic rings. The Kier molecular flexibility index (Phi) is 9.17. The quantitative estimate of drug-likeness (QED) is 0.452. The summed E-state index contributed by atoms with van der Waals surface area (Å²) in [5.41, 5.74) is -0.0916. The van der Waals surface area contributed by atoms with Crippen molar-refractivity contribution in [3.63, 3.8) is 0 Å². The van der Waals surface area contributed by atoms with Gasteiger partial charge in [0.2, 0.25) is 14.7 Å². The van der Waals surface area contributed by atoms with E-state index >= 15 is 0 Å². The molecule has 0 saturated heterocycles. The number of hydrogen-bond donors (Lipinski definition) is 0. The highest BCUT2D eigenvalue weighted by atomic mass is 31.2. The van der Waals surface area contributed by atoms with Gasteiger partial charge < -0.3 is 9.05 Å². The van der Waals surface area contributed by atoms with Gasteiger partial charge in [-0.2, -0.15) is 0 Å². The van der Waals surface area contributed by atoms with Crippen LogP contribution < -0.4 is 0 Å². The zero-order chi connectivity index (χ0) is 17.7. The lowest BCUT2D eigenvalue weighted by Crippen LogP contribution is -2.24. The molecular weight excluding hydrogens is 318 g/mol. The van der Waals surface area contributed by atoms with Gasteiger partial charge in [0, 0.05) is 22.6 Å². The number of rotatable bonds is 10. The van der Waals surface area contributed by atoms with Crippen molar-refractivity contribution in [2.75, 3.05) is 6.61 Å². The Balaban J connectivity index is 5.02. The summed E-state index contributed by atoms with van der Waals surface area (Å²) in [5, 5.41) is 0. The molecule has 0 aliphatic heterocycles. The van der Waals surface area contributed by atoms with Gasteiger partial charge in [0.25, 0.3) is 0 Å². The highest BCUT2D eigenvalue weighted by Gasteiger charge is 2.36. The van der Waals surface area contributed by atoms with Crippen molar-refractivity contribution in [2.24, 2.45) is 0 Å². The molecule has 1 atom stereocenters. The first kappa shape index (κ1) is 22.4. The van der Waals surface area contributed by atoms with E-state index in [0.717, 1.165) is 0 Å². The van der Waals surface area contributed by atoms with Crippen molar-refractivity contribution < 1.29 is 18.2 Å². The molecular formula is C16H36O4P2. The molecule has 134 valence electrons. The SMILES string of the molecule is CCC(COP(=O)(C(C)C)C(C)C)OP(=O)(C(C)C)C(C)C. The van der Waals surface area contributed by atoms with Crippen molar-refractivity contribution in [2.45, 2.75) is 97.5 Å². The highest BCUT2D eigenvalue weighted by molar-refractivity contribution is 7.60. The summed E-state index contributed by atoms with van der Waals surface area (Å²) in [5.74, 6) is 0. The van der Waals surface area contributed by atoms with Crippen LogP contribution in [0.25, 0.3) is 0 Å². The lowest BCUT2D eigenvalue weighted by Gasteiger charge is -2.32. The topological polar surface area (TPSA) is 52.6 Å². The monoisotopic (exact) mass is 354 g/mol. The first-order valence-electron chi connectivity index (χ1n) is 8.43. The minimum absolute atomic E-state index is 0.0213. The summed E-state index contributed by atoms with van der Waals surface area (Å²) in [4.78, 5) is 0. The van der Waals surface area contributed by atoms with E-state index in [4.69, 9.17) is 9.05 Å². The van der Waals surface area contributed by atoms with Gasteiger partial charge in [-0.05, 0) is 6.42 Å². The van der Waals surface area contributed by atoms with Gasteiger partial charge in [0.15, 0.2) is 0 Å². The summed E-state index contributed by atoms with van der Waals surface area (Å²) < 4.78 is 37.7. The predicted octanol–water partition coefficient (Wildman–Crippen LogP) is 5.99. The third kappa shape index (κ3) is 5.48. The third-order valence-corrected chi connectivity index (χ3v) is 11.0. The largest absolute Gasteiger partial charge is 0.325 e. The van der Waals surface area contributed by atoms with Crippen LogP contribution in [0.5, 0.6) is 0 Å². The van der Waals surface area contributed by atoms with E-state index in [2.05, 4.69) is 0 Å². The van der Waals surface area contributed by atoms with Crippen LogP contribution in [-0.4, -0.2) is 35.3 Å². The van der Waals surface area contributed by atoms with Gasteiger partial charge in [0.1, 0.15) is 0 Å². The van der Waals surface area contributed by atoms with Crippen molar-refractivity contribution in [3.8, 4) is 0 Å². The summed E-state index contributed by atoms with van der Waals surface area (Å²) in [7, 11) is -5.45. The van der Waals surface area contributed by atoms with Crippen LogP contribution >= 0.6 is 14.7 Å². The Bertz CT molecular complexity index is 392. The molecule has 0 fully saturated rings. The van der Waals surface area contributed by atoms with Crippen LogP contribution in [0, 0.1) is 0 Å². The zero-order valence-corrected chi connectivity index (χ0v) is 17.6. The molecule has 0 aromatic carbocycles. The van der Waals surface area contributed by atoms with Crippen LogP contribution in [0.4, 0.5) is 0 Å². The van der Waals surface area contributed by atoms with Gasteiger partial charge in [0.05, 0.1) is 12.7 Å². The van der Waals surface area contributed by atoms with Gasteiger partial charge >= 0.3 is 0 Å². The van der Waals surface area contributed by atoms with Gasteiger partial charge in [-0.3, -0.25) is 9.13 Å². The van der Waals surface area contributed by atoms with E-state index in [-0.39, 0.29) is 35.3 Å². The van der Waals surface area contributed by atoms with E-state index in [1.54, 1.807) is 0 Å². The molecule has 0 amide bonds. The Morgan fingerprint density at radius 1 is 0.727 bits per heavy atom. The molecule has 0 bridgehead atoms. The third-order valence-electron chi connectivity index (χ3n) is 4.11. The standard InChI is InChI=1S/C16H36O4P2/c1-10-16(20-22(18,14(6)7)15(8)9)11-19-21(17,12(2)3)13(4)5/h12-16H,10-11H2,1-9H3. The van der Waals surface area contributed by atoms with Crippen LogP contribution in [-0.2, 0) is 18.2 Å². The Labute approximate surface area is 137 Å². The van der Waals surface area contributed by atoms with Gasteiger partial charge in [-0.25, -0.2) is 0 Å². The van der Waals surface area contributed by atoms with Crippen LogP contribution in [0.3, 0.4) is 0 Å². The van der Waals surface area contributed by atoms with E-state index in [0.29, 0.717) is 6.42 Å². The molecule has 0 saturated carbocycles. The van der Waals surface area contributed by atoms with Crippen LogP contribution in [0.2, 0.25) is 0 Å². The minimum Gasteiger partial charge on any atom is -0.325 e. The molecule has 0 heterocycles. The van der Waals surface area contributed by atoms with Crippen molar-refractivity contribution in [1.29, 1.82) is 0 Å². The maximum absolute atomic E-state index is 13.0. The Morgan fingerprint density at radius 3 is 1.36 bits per heavy atom. The fourth-order valence-electron chi connectivity index (χ4n) is 2.39. The average Bonchev–Trinajstić information content (AvgIpc) is 2.41. The summed E-state index contributed by atoms with van der Waals surface area (Å²) in [6.07, 6.45) is 0.418. The highest BCUT2D eigenvalue weighted by Crippen LogP contribution is 2.59. The fourth-order valence-corrected chi connectivity index (χ4v) is 6.93. The molecule has 0 radical (unpaired) electrons. The molecule has 0 aromatic heterocycles. The Morgan fingerprint density at radius 2 is 1.09 bits per heavy atom. The van der Waals surface area contributed by atoms with E-state index in [9.17, 15) is 9.13 Å². The molecule has 0 aliphatic rings. The second-order valence-electron chi connectivity index (χ2n) is 7.10. The van der Waals surface area contributed by atoms with Crippen molar-refractivity contribution in [1.82, 2.24) is 0 Å². The molecule has 4 nitrogen and oxygen atoms in total. The molecule has 0 rings (SSSR count). The summed E-state index contributed by atoms with van der Waals surface area (Å²) >= 11 is 0. The maximum Gasteiger partial charge on any atom is 0.208 e. The zero-order valence-electron chi connectivity index (χ0n) is 15.8. The molecule has 0 aliphatic carbocycles. The molecule has 1 unspecified atom stereocenters. The van der Waals surface area contributed by atoms with Crippen LogP contribution in [0.1, 0.15) is 68.7 Å². The second-order valence-corrected chi connectivity index (χ2v) is 14.3. The first-order chi connectivity index (χ1) is 9.91. The lowest BCUT2D eigenvalue weighted by molar-refractivity contribution is 0.124. The van der Waals surface area contributed by atoms with E-state index in [1.165, 1.54) is 0 Å². The van der Waals surface area contributed by atoms with Gasteiger partial charge in [-0.1, -0.05) is 62.3 Å². The first-order valence-corrected chi connectivity index (χ1v) is 12.0. The van der Waals surface area contributed by atoms with E-state index < -0.39 is 14.7 Å². The Hall–Kier alpha value is 0.380. The molecule has 22 heavy (non-hydrogen) atoms. The molecule has 0 N–H and O–H groups in total. The number of hydrogen-bond acceptors (Lipinski definition) is 4.